The van der Waals surface area contributed by atoms with E-state index in [4.69, 9.17) is 4.74 Å². The standard InChI is InChI=1S/C15H18N2O3/c1-4-9(2)20-12-7-5-11(6-8-12)14-13(15(18)19)10(3)16-17-14/h5-9H,4H2,1-3H3,(H,16,17)(H,18,19). The van der Waals surface area contributed by atoms with Crippen LogP contribution in [0.3, 0.4) is 0 Å². The van der Waals surface area contributed by atoms with Gasteiger partial charge in [-0.2, -0.15) is 5.10 Å². The third-order valence-corrected chi connectivity index (χ3v) is 3.20. The second-order valence-corrected chi connectivity index (χ2v) is 4.74. The highest BCUT2D eigenvalue weighted by atomic mass is 16.5. The summed E-state index contributed by atoms with van der Waals surface area (Å²) in [6.07, 6.45) is 1.09. The number of nitrogens with zero attached hydrogens (tertiary/aromatic N) is 1. The van der Waals surface area contributed by atoms with Gasteiger partial charge >= 0.3 is 5.97 Å². The normalized spacial score (nSPS) is 12.2. The van der Waals surface area contributed by atoms with E-state index in [1.54, 1.807) is 6.92 Å². The topological polar surface area (TPSA) is 75.2 Å². The highest BCUT2D eigenvalue weighted by Gasteiger charge is 2.18. The first-order chi connectivity index (χ1) is 9.52. The number of H-pyrrole nitrogens is 1. The molecule has 5 nitrogen and oxygen atoms in total. The van der Waals surface area contributed by atoms with E-state index >= 15 is 0 Å². The summed E-state index contributed by atoms with van der Waals surface area (Å²) < 4.78 is 5.69. The SMILES string of the molecule is CCC(C)Oc1ccc(-c2n[nH]c(C)c2C(=O)O)cc1. The molecule has 0 saturated carbocycles. The zero-order valence-electron chi connectivity index (χ0n) is 11.8. The van der Waals surface area contributed by atoms with Crippen LogP contribution < -0.4 is 4.74 Å². The molecular formula is C15H18N2O3. The number of aromatic nitrogens is 2. The van der Waals surface area contributed by atoms with Crippen molar-refractivity contribution >= 4 is 5.97 Å². The zero-order valence-corrected chi connectivity index (χ0v) is 11.8. The highest BCUT2D eigenvalue weighted by Crippen LogP contribution is 2.26. The Morgan fingerprint density at radius 2 is 2.05 bits per heavy atom. The summed E-state index contributed by atoms with van der Waals surface area (Å²) in [5.41, 5.74) is 1.96. The Morgan fingerprint density at radius 1 is 1.40 bits per heavy atom. The van der Waals surface area contributed by atoms with E-state index in [0.717, 1.165) is 17.7 Å². The van der Waals surface area contributed by atoms with Crippen LogP contribution >= 0.6 is 0 Å². The minimum atomic E-state index is -0.980. The maximum absolute atomic E-state index is 11.2. The zero-order chi connectivity index (χ0) is 14.7. The fourth-order valence-electron chi connectivity index (χ4n) is 1.91. The summed E-state index contributed by atoms with van der Waals surface area (Å²) in [7, 11) is 0. The van der Waals surface area contributed by atoms with Crippen LogP contribution in [-0.4, -0.2) is 27.4 Å². The number of hydrogen-bond acceptors (Lipinski definition) is 3. The van der Waals surface area contributed by atoms with Crippen molar-refractivity contribution in [3.05, 3.63) is 35.5 Å². The van der Waals surface area contributed by atoms with Crippen molar-refractivity contribution in [1.82, 2.24) is 10.2 Å². The molecule has 1 heterocycles. The van der Waals surface area contributed by atoms with E-state index in [2.05, 4.69) is 17.1 Å². The van der Waals surface area contributed by atoms with Crippen LogP contribution in [0.25, 0.3) is 11.3 Å². The van der Waals surface area contributed by atoms with Crippen molar-refractivity contribution in [3.63, 3.8) is 0 Å². The van der Waals surface area contributed by atoms with Crippen LogP contribution in [-0.2, 0) is 0 Å². The Balaban J connectivity index is 2.29. The molecule has 0 aliphatic rings. The molecule has 2 N–H and O–H groups in total. The summed E-state index contributed by atoms with van der Waals surface area (Å²) >= 11 is 0. The Kier molecular flexibility index (Phi) is 4.08. The Morgan fingerprint density at radius 3 is 2.60 bits per heavy atom. The van der Waals surface area contributed by atoms with E-state index in [0.29, 0.717) is 11.4 Å². The molecule has 1 unspecified atom stereocenters. The van der Waals surface area contributed by atoms with Gasteiger partial charge in [0.1, 0.15) is 17.0 Å². The van der Waals surface area contributed by atoms with E-state index in [1.165, 1.54) is 0 Å². The predicted octanol–water partition coefficient (Wildman–Crippen LogP) is 3.26. The van der Waals surface area contributed by atoms with Gasteiger partial charge in [-0.05, 0) is 44.5 Å². The fraction of sp³-hybridized carbons (Fsp3) is 0.333. The minimum Gasteiger partial charge on any atom is -0.491 e. The summed E-state index contributed by atoms with van der Waals surface area (Å²) in [5.74, 6) is -0.210. The molecule has 0 aliphatic carbocycles. The molecular weight excluding hydrogens is 256 g/mol. The van der Waals surface area contributed by atoms with Crippen LogP contribution in [0.5, 0.6) is 5.75 Å². The average Bonchev–Trinajstić information content (AvgIpc) is 2.81. The molecule has 20 heavy (non-hydrogen) atoms. The summed E-state index contributed by atoms with van der Waals surface area (Å²) in [5, 5.41) is 16.0. The van der Waals surface area contributed by atoms with Gasteiger partial charge in [0, 0.05) is 11.3 Å². The predicted molar refractivity (Wildman–Crippen MR) is 76.1 cm³/mol. The van der Waals surface area contributed by atoms with E-state index in [1.807, 2.05) is 31.2 Å². The van der Waals surface area contributed by atoms with Gasteiger partial charge in [0.15, 0.2) is 0 Å². The van der Waals surface area contributed by atoms with Gasteiger partial charge in [-0.3, -0.25) is 5.10 Å². The van der Waals surface area contributed by atoms with Crippen LogP contribution in [0.1, 0.15) is 36.3 Å². The van der Waals surface area contributed by atoms with E-state index in [9.17, 15) is 9.90 Å². The number of benzene rings is 1. The smallest absolute Gasteiger partial charge is 0.339 e. The molecule has 0 radical (unpaired) electrons. The first-order valence-corrected chi connectivity index (χ1v) is 6.58. The lowest BCUT2D eigenvalue weighted by molar-refractivity contribution is 0.0697. The number of nitrogens with one attached hydrogen (secondary N) is 1. The number of carbonyl (C=O) groups is 1. The number of aromatic carboxylic acids is 1. The lowest BCUT2D eigenvalue weighted by Crippen LogP contribution is -2.09. The third-order valence-electron chi connectivity index (χ3n) is 3.20. The Bertz CT molecular complexity index is 602. The van der Waals surface area contributed by atoms with Crippen molar-refractivity contribution in [2.45, 2.75) is 33.3 Å². The Hall–Kier alpha value is -2.30. The number of aryl methyl sites for hydroxylation is 1. The lowest BCUT2D eigenvalue weighted by atomic mass is 10.1. The molecule has 0 spiro atoms. The lowest BCUT2D eigenvalue weighted by Gasteiger charge is -2.12. The number of carboxylic acids is 1. The van der Waals surface area contributed by atoms with Gasteiger partial charge in [0.05, 0.1) is 6.10 Å². The van der Waals surface area contributed by atoms with Gasteiger partial charge < -0.3 is 9.84 Å². The van der Waals surface area contributed by atoms with Crippen LogP contribution in [0.15, 0.2) is 24.3 Å². The van der Waals surface area contributed by atoms with Crippen molar-refractivity contribution < 1.29 is 14.6 Å². The van der Waals surface area contributed by atoms with Crippen LogP contribution in [0.4, 0.5) is 0 Å². The molecule has 0 aliphatic heterocycles. The summed E-state index contributed by atoms with van der Waals surface area (Å²) in [4.78, 5) is 11.2. The number of ether oxygens (including phenoxy) is 1. The molecule has 1 aromatic carbocycles. The monoisotopic (exact) mass is 274 g/mol. The van der Waals surface area contributed by atoms with Crippen molar-refractivity contribution in [2.75, 3.05) is 0 Å². The van der Waals surface area contributed by atoms with Gasteiger partial charge in [0.25, 0.3) is 0 Å². The maximum atomic E-state index is 11.2. The molecule has 2 aromatic rings. The molecule has 0 bridgehead atoms. The van der Waals surface area contributed by atoms with Crippen molar-refractivity contribution in [3.8, 4) is 17.0 Å². The van der Waals surface area contributed by atoms with Crippen LogP contribution in [0.2, 0.25) is 0 Å². The van der Waals surface area contributed by atoms with E-state index in [-0.39, 0.29) is 11.7 Å². The van der Waals surface area contributed by atoms with Gasteiger partial charge in [0.2, 0.25) is 0 Å². The fourth-order valence-corrected chi connectivity index (χ4v) is 1.91. The molecule has 0 saturated heterocycles. The number of rotatable bonds is 5. The van der Waals surface area contributed by atoms with Crippen molar-refractivity contribution in [2.24, 2.45) is 0 Å². The largest absolute Gasteiger partial charge is 0.491 e. The molecule has 1 atom stereocenters. The first kappa shape index (κ1) is 14.1. The summed E-state index contributed by atoms with van der Waals surface area (Å²) in [6, 6.07) is 7.30. The highest BCUT2D eigenvalue weighted by molar-refractivity contribution is 5.96. The molecule has 0 fully saturated rings. The minimum absolute atomic E-state index is 0.156. The van der Waals surface area contributed by atoms with Crippen LogP contribution in [0, 0.1) is 6.92 Å². The van der Waals surface area contributed by atoms with E-state index < -0.39 is 5.97 Å². The number of aromatic amines is 1. The maximum Gasteiger partial charge on any atom is 0.339 e. The van der Waals surface area contributed by atoms with Crippen molar-refractivity contribution in [1.29, 1.82) is 0 Å². The molecule has 2 rings (SSSR count). The second-order valence-electron chi connectivity index (χ2n) is 4.74. The van der Waals surface area contributed by atoms with Gasteiger partial charge in [-0.15, -0.1) is 0 Å². The first-order valence-electron chi connectivity index (χ1n) is 6.58. The third kappa shape index (κ3) is 2.82. The van der Waals surface area contributed by atoms with Gasteiger partial charge in [-0.1, -0.05) is 6.92 Å². The summed E-state index contributed by atoms with van der Waals surface area (Å²) in [6.45, 7) is 5.76. The molecule has 106 valence electrons. The Labute approximate surface area is 117 Å². The molecule has 0 amide bonds. The number of hydrogen-bond donors (Lipinski definition) is 2. The number of carboxylic acid groups (broad SMARTS) is 1. The molecule has 1 aromatic heterocycles. The average molecular weight is 274 g/mol. The quantitative estimate of drug-likeness (QED) is 0.877. The second kappa shape index (κ2) is 5.77. The van der Waals surface area contributed by atoms with Gasteiger partial charge in [-0.25, -0.2) is 4.79 Å². The molecule has 5 heteroatoms.